The molecule has 0 saturated carbocycles. The van der Waals surface area contributed by atoms with E-state index in [1.165, 1.54) is 7.11 Å². The molecule has 0 spiro atoms. The van der Waals surface area contributed by atoms with Gasteiger partial charge < -0.3 is 10.1 Å². The molecule has 1 fully saturated rings. The predicted octanol–water partition coefficient (Wildman–Crippen LogP) is 3.25. The lowest BCUT2D eigenvalue weighted by atomic mass is 9.94. The fourth-order valence-corrected chi connectivity index (χ4v) is 2.86. The molecule has 1 atom stereocenters. The number of nitrogens with zero attached hydrogens (tertiary/aromatic N) is 1. The molecule has 120 valence electrons. The zero-order valence-electron chi connectivity index (χ0n) is 13.1. The first-order valence-electron chi connectivity index (χ1n) is 7.40. The molecule has 0 radical (unpaired) electrons. The van der Waals surface area contributed by atoms with E-state index in [9.17, 15) is 4.39 Å². The third-order valence-electron chi connectivity index (χ3n) is 3.86. The standard InChI is InChI=1S/C16H25FN2O.ClH/c1-12(2)11-14(19-9-7-18-8-10-19)13-5-4-6-15(20-3)16(13)17;/h4-6,12,14,18H,7-11H2,1-3H3;1H/t14-;/m0./s1. The van der Waals surface area contributed by atoms with E-state index in [4.69, 9.17) is 4.74 Å². The van der Waals surface area contributed by atoms with Crippen LogP contribution in [-0.4, -0.2) is 38.2 Å². The van der Waals surface area contributed by atoms with Gasteiger partial charge in [0, 0.05) is 37.8 Å². The molecular weight excluding hydrogens is 291 g/mol. The van der Waals surface area contributed by atoms with Crippen molar-refractivity contribution in [2.24, 2.45) is 5.92 Å². The largest absolute Gasteiger partial charge is 0.494 e. The lowest BCUT2D eigenvalue weighted by Crippen LogP contribution is -2.45. The van der Waals surface area contributed by atoms with E-state index >= 15 is 0 Å². The Morgan fingerprint density at radius 2 is 1.95 bits per heavy atom. The lowest BCUT2D eigenvalue weighted by molar-refractivity contribution is 0.150. The molecule has 1 aromatic carbocycles. The van der Waals surface area contributed by atoms with Crippen LogP contribution in [0.4, 0.5) is 4.39 Å². The molecule has 0 bridgehead atoms. The van der Waals surface area contributed by atoms with Gasteiger partial charge in [-0.25, -0.2) is 4.39 Å². The van der Waals surface area contributed by atoms with Crippen molar-refractivity contribution in [2.75, 3.05) is 33.3 Å². The number of hydrogen-bond acceptors (Lipinski definition) is 3. The van der Waals surface area contributed by atoms with Gasteiger partial charge in [-0.3, -0.25) is 4.90 Å². The lowest BCUT2D eigenvalue weighted by Gasteiger charge is -2.36. The van der Waals surface area contributed by atoms with Crippen LogP contribution in [0.5, 0.6) is 5.75 Å². The van der Waals surface area contributed by atoms with E-state index in [1.54, 1.807) is 6.07 Å². The van der Waals surface area contributed by atoms with E-state index in [0.717, 1.165) is 38.2 Å². The Bertz CT molecular complexity index is 436. The molecule has 0 aromatic heterocycles. The smallest absolute Gasteiger partial charge is 0.169 e. The number of methoxy groups -OCH3 is 1. The number of piperazine rings is 1. The zero-order chi connectivity index (χ0) is 14.5. The normalized spacial score (nSPS) is 17.4. The number of nitrogens with one attached hydrogen (secondary N) is 1. The predicted molar refractivity (Wildman–Crippen MR) is 86.8 cm³/mol. The number of ether oxygens (including phenoxy) is 1. The molecule has 0 aliphatic carbocycles. The van der Waals surface area contributed by atoms with Gasteiger partial charge in [0.15, 0.2) is 11.6 Å². The first kappa shape index (κ1) is 18.2. The molecule has 2 rings (SSSR count). The van der Waals surface area contributed by atoms with E-state index in [-0.39, 0.29) is 24.3 Å². The first-order valence-corrected chi connectivity index (χ1v) is 7.40. The van der Waals surface area contributed by atoms with E-state index in [2.05, 4.69) is 24.1 Å². The third kappa shape index (κ3) is 4.56. The van der Waals surface area contributed by atoms with E-state index in [0.29, 0.717) is 11.7 Å². The molecule has 1 N–H and O–H groups in total. The minimum atomic E-state index is -0.209. The average Bonchev–Trinajstić information content (AvgIpc) is 2.46. The van der Waals surface area contributed by atoms with Gasteiger partial charge in [0.25, 0.3) is 0 Å². The van der Waals surface area contributed by atoms with Crippen LogP contribution in [0.3, 0.4) is 0 Å². The van der Waals surface area contributed by atoms with E-state index in [1.807, 2.05) is 12.1 Å². The Balaban J connectivity index is 0.00000220. The van der Waals surface area contributed by atoms with Gasteiger partial charge in [0.05, 0.1) is 7.11 Å². The molecule has 0 amide bonds. The second-order valence-electron chi connectivity index (χ2n) is 5.79. The highest BCUT2D eigenvalue weighted by molar-refractivity contribution is 5.85. The molecule has 1 aromatic rings. The van der Waals surface area contributed by atoms with Crippen LogP contribution in [0, 0.1) is 11.7 Å². The molecule has 1 aliphatic rings. The van der Waals surface area contributed by atoms with Crippen molar-refractivity contribution in [1.82, 2.24) is 10.2 Å². The number of rotatable bonds is 5. The van der Waals surface area contributed by atoms with Crippen molar-refractivity contribution in [3.05, 3.63) is 29.6 Å². The fraction of sp³-hybridized carbons (Fsp3) is 0.625. The summed E-state index contributed by atoms with van der Waals surface area (Å²) in [6.45, 7) is 8.25. The highest BCUT2D eigenvalue weighted by atomic mass is 35.5. The SMILES string of the molecule is COc1cccc([C@H](CC(C)C)N2CCNCC2)c1F.Cl. The summed E-state index contributed by atoms with van der Waals surface area (Å²) >= 11 is 0. The van der Waals surface area contributed by atoms with Gasteiger partial charge in [-0.1, -0.05) is 26.0 Å². The molecule has 0 unspecified atom stereocenters. The summed E-state index contributed by atoms with van der Waals surface area (Å²) < 4.78 is 19.7. The highest BCUT2D eigenvalue weighted by Gasteiger charge is 2.26. The molecule has 1 saturated heterocycles. The highest BCUT2D eigenvalue weighted by Crippen LogP contribution is 2.33. The van der Waals surface area contributed by atoms with Crippen LogP contribution in [0.2, 0.25) is 0 Å². The maximum absolute atomic E-state index is 14.6. The van der Waals surface area contributed by atoms with Crippen LogP contribution < -0.4 is 10.1 Å². The van der Waals surface area contributed by atoms with Gasteiger partial charge in [0.2, 0.25) is 0 Å². The zero-order valence-corrected chi connectivity index (χ0v) is 13.9. The van der Waals surface area contributed by atoms with Crippen LogP contribution >= 0.6 is 12.4 Å². The van der Waals surface area contributed by atoms with Crippen LogP contribution in [-0.2, 0) is 0 Å². The Morgan fingerprint density at radius 3 is 2.52 bits per heavy atom. The topological polar surface area (TPSA) is 24.5 Å². The quantitative estimate of drug-likeness (QED) is 0.902. The van der Waals surface area contributed by atoms with Gasteiger partial charge in [-0.2, -0.15) is 0 Å². The number of halogens is 2. The van der Waals surface area contributed by atoms with Gasteiger partial charge in [-0.05, 0) is 18.4 Å². The third-order valence-corrected chi connectivity index (χ3v) is 3.86. The summed E-state index contributed by atoms with van der Waals surface area (Å²) in [7, 11) is 1.52. The maximum atomic E-state index is 14.6. The van der Waals surface area contributed by atoms with E-state index < -0.39 is 0 Å². The fourth-order valence-electron chi connectivity index (χ4n) is 2.86. The summed E-state index contributed by atoms with van der Waals surface area (Å²) in [6, 6.07) is 5.59. The van der Waals surface area contributed by atoms with Crippen molar-refractivity contribution < 1.29 is 9.13 Å². The molecule has 21 heavy (non-hydrogen) atoms. The molecule has 3 nitrogen and oxygen atoms in total. The Kier molecular flexibility index (Phi) is 7.43. The molecule has 5 heteroatoms. The van der Waals surface area contributed by atoms with Crippen molar-refractivity contribution >= 4 is 12.4 Å². The van der Waals surface area contributed by atoms with Crippen LogP contribution in [0.15, 0.2) is 18.2 Å². The Hall–Kier alpha value is -0.840. The van der Waals surface area contributed by atoms with Crippen molar-refractivity contribution in [3.8, 4) is 5.75 Å². The van der Waals surface area contributed by atoms with Crippen molar-refractivity contribution in [1.29, 1.82) is 0 Å². The monoisotopic (exact) mass is 316 g/mol. The van der Waals surface area contributed by atoms with Gasteiger partial charge in [-0.15, -0.1) is 12.4 Å². The summed E-state index contributed by atoms with van der Waals surface area (Å²) in [5, 5.41) is 3.35. The second-order valence-corrected chi connectivity index (χ2v) is 5.79. The molecular formula is C16H26ClFN2O. The van der Waals surface area contributed by atoms with Gasteiger partial charge >= 0.3 is 0 Å². The van der Waals surface area contributed by atoms with Crippen LogP contribution in [0.25, 0.3) is 0 Å². The minimum Gasteiger partial charge on any atom is -0.494 e. The summed E-state index contributed by atoms with van der Waals surface area (Å²) in [5.74, 6) is 0.658. The summed E-state index contributed by atoms with van der Waals surface area (Å²) in [4.78, 5) is 2.38. The Labute approximate surface area is 133 Å². The summed E-state index contributed by atoms with van der Waals surface area (Å²) in [6.07, 6.45) is 0.962. The molecule has 1 aliphatic heterocycles. The minimum absolute atomic E-state index is 0. The van der Waals surface area contributed by atoms with Crippen molar-refractivity contribution in [3.63, 3.8) is 0 Å². The second kappa shape index (κ2) is 8.57. The summed E-state index contributed by atoms with van der Waals surface area (Å²) in [5.41, 5.74) is 0.764. The molecule has 1 heterocycles. The number of hydrogen-bond donors (Lipinski definition) is 1. The average molecular weight is 317 g/mol. The number of benzene rings is 1. The van der Waals surface area contributed by atoms with Crippen molar-refractivity contribution in [2.45, 2.75) is 26.3 Å². The van der Waals surface area contributed by atoms with Gasteiger partial charge in [0.1, 0.15) is 0 Å². The van der Waals surface area contributed by atoms with Crippen LogP contribution in [0.1, 0.15) is 31.9 Å². The maximum Gasteiger partial charge on any atom is 0.169 e. The first-order chi connectivity index (χ1) is 9.63. The Morgan fingerprint density at radius 1 is 1.29 bits per heavy atom.